The molecule has 0 bridgehead atoms. The fourth-order valence-electron chi connectivity index (χ4n) is 3.94. The average Bonchev–Trinajstić information content (AvgIpc) is 3.02. The first-order chi connectivity index (χ1) is 13.5. The maximum absolute atomic E-state index is 6.04. The predicted octanol–water partition coefficient (Wildman–Crippen LogP) is 4.72. The SMILES string of the molecule is Cc1cc(N2CCC(NCc3oc4ccccc4c3C)CC2)nc(C(C)C)n1. The molecule has 1 aliphatic rings. The van der Waals surface area contributed by atoms with Crippen molar-refractivity contribution in [2.75, 3.05) is 18.0 Å². The van der Waals surface area contributed by atoms with Gasteiger partial charge < -0.3 is 14.6 Å². The molecule has 0 saturated carbocycles. The lowest BCUT2D eigenvalue weighted by molar-refractivity contribution is 0.392. The van der Waals surface area contributed by atoms with Crippen molar-refractivity contribution in [1.29, 1.82) is 0 Å². The summed E-state index contributed by atoms with van der Waals surface area (Å²) in [6.07, 6.45) is 2.22. The number of nitrogens with one attached hydrogen (secondary N) is 1. The van der Waals surface area contributed by atoms with Crippen LogP contribution in [0.25, 0.3) is 11.0 Å². The van der Waals surface area contributed by atoms with E-state index in [-0.39, 0.29) is 0 Å². The second-order valence-corrected chi connectivity index (χ2v) is 8.17. The van der Waals surface area contributed by atoms with E-state index in [0.29, 0.717) is 12.0 Å². The number of furan rings is 1. The molecule has 5 nitrogen and oxygen atoms in total. The minimum Gasteiger partial charge on any atom is -0.459 e. The fraction of sp³-hybridized carbons (Fsp3) is 0.478. The van der Waals surface area contributed by atoms with Crippen LogP contribution in [0.15, 0.2) is 34.7 Å². The molecule has 1 fully saturated rings. The third-order valence-electron chi connectivity index (χ3n) is 5.69. The number of nitrogens with zero attached hydrogens (tertiary/aromatic N) is 3. The third-order valence-corrected chi connectivity index (χ3v) is 5.69. The number of hydrogen-bond donors (Lipinski definition) is 1. The van der Waals surface area contributed by atoms with Crippen molar-refractivity contribution >= 4 is 16.8 Å². The van der Waals surface area contributed by atoms with E-state index < -0.39 is 0 Å². The van der Waals surface area contributed by atoms with Crippen molar-refractivity contribution in [1.82, 2.24) is 15.3 Å². The Bertz CT molecular complexity index is 954. The summed E-state index contributed by atoms with van der Waals surface area (Å²) in [5.74, 6) is 3.42. The highest BCUT2D eigenvalue weighted by molar-refractivity contribution is 5.81. The van der Waals surface area contributed by atoms with Crippen molar-refractivity contribution in [2.24, 2.45) is 0 Å². The number of aryl methyl sites for hydroxylation is 2. The van der Waals surface area contributed by atoms with Crippen LogP contribution in [-0.2, 0) is 6.54 Å². The molecule has 0 spiro atoms. The zero-order chi connectivity index (χ0) is 19.7. The van der Waals surface area contributed by atoms with Crippen molar-refractivity contribution in [3.8, 4) is 0 Å². The summed E-state index contributed by atoms with van der Waals surface area (Å²) < 4.78 is 6.04. The number of anilines is 1. The first kappa shape index (κ1) is 18.9. The van der Waals surface area contributed by atoms with E-state index in [1.54, 1.807) is 0 Å². The van der Waals surface area contributed by atoms with E-state index in [1.807, 2.05) is 12.1 Å². The molecule has 2 aromatic heterocycles. The molecule has 1 saturated heterocycles. The Kier molecular flexibility index (Phi) is 5.36. The summed E-state index contributed by atoms with van der Waals surface area (Å²) in [6.45, 7) is 11.3. The molecular weight excluding hydrogens is 348 g/mol. The highest BCUT2D eigenvalue weighted by atomic mass is 16.3. The van der Waals surface area contributed by atoms with E-state index in [4.69, 9.17) is 9.40 Å². The predicted molar refractivity (Wildman–Crippen MR) is 114 cm³/mol. The van der Waals surface area contributed by atoms with Gasteiger partial charge in [-0.3, -0.25) is 0 Å². The lowest BCUT2D eigenvalue weighted by Gasteiger charge is -2.33. The van der Waals surface area contributed by atoms with E-state index in [0.717, 1.165) is 61.2 Å². The third kappa shape index (κ3) is 3.90. The number of hydrogen-bond acceptors (Lipinski definition) is 5. The number of piperidine rings is 1. The van der Waals surface area contributed by atoms with E-state index in [2.05, 4.69) is 61.1 Å². The maximum atomic E-state index is 6.04. The zero-order valence-corrected chi connectivity index (χ0v) is 17.3. The molecule has 0 amide bonds. The van der Waals surface area contributed by atoms with Crippen molar-refractivity contribution in [2.45, 2.75) is 59.0 Å². The summed E-state index contributed by atoms with van der Waals surface area (Å²) in [4.78, 5) is 11.8. The topological polar surface area (TPSA) is 54.2 Å². The molecular formula is C23H30N4O. The summed E-state index contributed by atoms with van der Waals surface area (Å²) in [5, 5.41) is 4.92. The van der Waals surface area contributed by atoms with Gasteiger partial charge in [0.25, 0.3) is 0 Å². The molecule has 28 heavy (non-hydrogen) atoms. The van der Waals surface area contributed by atoms with Crippen LogP contribution in [0.3, 0.4) is 0 Å². The van der Waals surface area contributed by atoms with Gasteiger partial charge in [-0.15, -0.1) is 0 Å². The Morgan fingerprint density at radius 2 is 1.89 bits per heavy atom. The van der Waals surface area contributed by atoms with Crippen LogP contribution in [0, 0.1) is 13.8 Å². The Labute approximate surface area is 167 Å². The minimum absolute atomic E-state index is 0.352. The molecule has 3 heterocycles. The van der Waals surface area contributed by atoms with E-state index in [1.165, 1.54) is 10.9 Å². The molecule has 4 rings (SSSR count). The van der Waals surface area contributed by atoms with Gasteiger partial charge >= 0.3 is 0 Å². The Balaban J connectivity index is 1.36. The Morgan fingerprint density at radius 1 is 1.14 bits per heavy atom. The van der Waals surface area contributed by atoms with E-state index >= 15 is 0 Å². The first-order valence-electron chi connectivity index (χ1n) is 10.3. The number of para-hydroxylation sites is 1. The Morgan fingerprint density at radius 3 is 2.61 bits per heavy atom. The monoisotopic (exact) mass is 378 g/mol. The van der Waals surface area contributed by atoms with Crippen LogP contribution >= 0.6 is 0 Å². The van der Waals surface area contributed by atoms with Crippen molar-refractivity contribution in [3.05, 3.63) is 53.2 Å². The average molecular weight is 379 g/mol. The summed E-state index contributed by atoms with van der Waals surface area (Å²) in [5.41, 5.74) is 3.28. The van der Waals surface area contributed by atoms with Crippen LogP contribution in [0.1, 0.15) is 55.4 Å². The zero-order valence-electron chi connectivity index (χ0n) is 17.3. The van der Waals surface area contributed by atoms with Gasteiger partial charge in [-0.1, -0.05) is 32.0 Å². The van der Waals surface area contributed by atoms with Gasteiger partial charge in [0, 0.05) is 42.2 Å². The molecule has 0 atom stereocenters. The first-order valence-corrected chi connectivity index (χ1v) is 10.3. The number of aromatic nitrogens is 2. The number of rotatable bonds is 5. The molecule has 0 radical (unpaired) electrons. The second-order valence-electron chi connectivity index (χ2n) is 8.17. The minimum atomic E-state index is 0.352. The lowest BCUT2D eigenvalue weighted by Crippen LogP contribution is -2.42. The summed E-state index contributed by atoms with van der Waals surface area (Å²) >= 11 is 0. The molecule has 5 heteroatoms. The molecule has 1 N–H and O–H groups in total. The van der Waals surface area contributed by atoms with Crippen LogP contribution in [-0.4, -0.2) is 29.1 Å². The largest absolute Gasteiger partial charge is 0.459 e. The van der Waals surface area contributed by atoms with Crippen LogP contribution in [0.2, 0.25) is 0 Å². The van der Waals surface area contributed by atoms with Gasteiger partial charge in [-0.05, 0) is 38.3 Å². The normalized spacial score (nSPS) is 15.7. The maximum Gasteiger partial charge on any atom is 0.134 e. The standard InChI is InChI=1S/C23H30N4O/c1-15(2)23-25-16(3)13-22(26-23)27-11-9-18(10-12-27)24-14-21-17(4)19-7-5-6-8-20(19)28-21/h5-8,13,15,18,24H,9-12,14H2,1-4H3. The van der Waals surface area contributed by atoms with Gasteiger partial charge in [0.05, 0.1) is 6.54 Å². The van der Waals surface area contributed by atoms with Crippen molar-refractivity contribution < 1.29 is 4.42 Å². The van der Waals surface area contributed by atoms with Gasteiger partial charge in [0.1, 0.15) is 23.0 Å². The quantitative estimate of drug-likeness (QED) is 0.696. The van der Waals surface area contributed by atoms with Gasteiger partial charge in [-0.25, -0.2) is 9.97 Å². The number of fused-ring (bicyclic) bond motifs is 1. The molecule has 1 aromatic carbocycles. The summed E-state index contributed by atoms with van der Waals surface area (Å²) in [6, 6.07) is 10.9. The molecule has 0 aliphatic carbocycles. The fourth-order valence-corrected chi connectivity index (χ4v) is 3.94. The highest BCUT2D eigenvalue weighted by Gasteiger charge is 2.21. The smallest absolute Gasteiger partial charge is 0.134 e. The lowest BCUT2D eigenvalue weighted by atomic mass is 10.0. The van der Waals surface area contributed by atoms with Crippen molar-refractivity contribution in [3.63, 3.8) is 0 Å². The Hall–Kier alpha value is -2.40. The van der Waals surface area contributed by atoms with E-state index in [9.17, 15) is 0 Å². The highest BCUT2D eigenvalue weighted by Crippen LogP contribution is 2.26. The number of benzene rings is 1. The van der Waals surface area contributed by atoms with Crippen LogP contribution in [0.4, 0.5) is 5.82 Å². The van der Waals surface area contributed by atoms with Gasteiger partial charge in [0.15, 0.2) is 0 Å². The summed E-state index contributed by atoms with van der Waals surface area (Å²) in [7, 11) is 0. The molecule has 3 aromatic rings. The molecule has 1 aliphatic heterocycles. The van der Waals surface area contributed by atoms with Gasteiger partial charge in [0.2, 0.25) is 0 Å². The molecule has 0 unspecified atom stereocenters. The van der Waals surface area contributed by atoms with Gasteiger partial charge in [-0.2, -0.15) is 0 Å². The molecule has 148 valence electrons. The van der Waals surface area contributed by atoms with Crippen LogP contribution in [0.5, 0.6) is 0 Å². The van der Waals surface area contributed by atoms with Crippen LogP contribution < -0.4 is 10.2 Å². The second kappa shape index (κ2) is 7.92.